The Bertz CT molecular complexity index is 602. The van der Waals surface area contributed by atoms with Crippen LogP contribution in [0.4, 0.5) is 0 Å². The van der Waals surface area contributed by atoms with E-state index in [0.29, 0.717) is 22.3 Å². The molecule has 6 heteroatoms. The lowest BCUT2D eigenvalue weighted by atomic mass is 10.1. The summed E-state index contributed by atoms with van der Waals surface area (Å²) in [6.45, 7) is 4.29. The Morgan fingerprint density at radius 1 is 1.35 bits per heavy atom. The summed E-state index contributed by atoms with van der Waals surface area (Å²) in [7, 11) is 1.62. The van der Waals surface area contributed by atoms with Crippen LogP contribution in [-0.2, 0) is 16.0 Å². The summed E-state index contributed by atoms with van der Waals surface area (Å²) in [5, 5.41) is 4.09. The topological polar surface area (TPSA) is 41.6 Å². The smallest absolute Gasteiger partial charge is 0.271 e. The van der Waals surface area contributed by atoms with Crippen LogP contribution in [-0.4, -0.2) is 37.6 Å². The molecular formula is C17H22Cl2N2O2. The van der Waals surface area contributed by atoms with Crippen molar-refractivity contribution >= 4 is 29.1 Å². The number of ether oxygens (including phenoxy) is 1. The third kappa shape index (κ3) is 4.55. The van der Waals surface area contributed by atoms with Crippen molar-refractivity contribution in [2.75, 3.05) is 26.7 Å². The molecule has 0 fully saturated rings. The van der Waals surface area contributed by atoms with Gasteiger partial charge in [-0.15, -0.1) is 0 Å². The van der Waals surface area contributed by atoms with Gasteiger partial charge in [0.1, 0.15) is 11.5 Å². The summed E-state index contributed by atoms with van der Waals surface area (Å²) < 4.78 is 5.33. The molecule has 1 heterocycles. The van der Waals surface area contributed by atoms with Crippen molar-refractivity contribution in [3.8, 4) is 0 Å². The zero-order valence-corrected chi connectivity index (χ0v) is 15.0. The molecule has 1 amide bonds. The maximum absolute atomic E-state index is 12.4. The summed E-state index contributed by atoms with van der Waals surface area (Å²) in [5.41, 5.74) is 1.78. The van der Waals surface area contributed by atoms with Crippen LogP contribution in [0, 0.1) is 0 Å². The van der Waals surface area contributed by atoms with Crippen molar-refractivity contribution < 1.29 is 9.53 Å². The predicted octanol–water partition coefficient (Wildman–Crippen LogP) is 3.63. The number of amides is 1. The molecule has 1 aliphatic rings. The Balaban J connectivity index is 1.83. The van der Waals surface area contributed by atoms with Gasteiger partial charge in [0, 0.05) is 26.1 Å². The van der Waals surface area contributed by atoms with Crippen LogP contribution in [0.25, 0.3) is 0 Å². The van der Waals surface area contributed by atoms with Crippen LogP contribution >= 0.6 is 23.2 Å². The maximum atomic E-state index is 12.4. The lowest BCUT2D eigenvalue weighted by Gasteiger charge is -2.19. The van der Waals surface area contributed by atoms with E-state index in [9.17, 15) is 4.79 Å². The second kappa shape index (κ2) is 8.46. The van der Waals surface area contributed by atoms with E-state index >= 15 is 0 Å². The van der Waals surface area contributed by atoms with Crippen LogP contribution in [0.5, 0.6) is 0 Å². The fraction of sp³-hybridized carbons (Fsp3) is 0.471. The van der Waals surface area contributed by atoms with Gasteiger partial charge in [-0.3, -0.25) is 4.79 Å². The number of nitrogens with zero attached hydrogens (tertiary/aromatic N) is 1. The van der Waals surface area contributed by atoms with Gasteiger partial charge in [-0.25, -0.2) is 0 Å². The predicted molar refractivity (Wildman–Crippen MR) is 93.7 cm³/mol. The van der Waals surface area contributed by atoms with Crippen molar-refractivity contribution in [3.05, 3.63) is 45.3 Å². The van der Waals surface area contributed by atoms with E-state index in [1.807, 2.05) is 24.0 Å². The van der Waals surface area contributed by atoms with Gasteiger partial charge in [-0.05, 0) is 37.5 Å². The third-order valence-electron chi connectivity index (χ3n) is 3.94. The second-order valence-electron chi connectivity index (χ2n) is 5.41. The summed E-state index contributed by atoms with van der Waals surface area (Å²) in [4.78, 5) is 14.4. The minimum Gasteiger partial charge on any atom is -0.499 e. The highest BCUT2D eigenvalue weighted by molar-refractivity contribution is 6.42. The molecule has 0 aliphatic carbocycles. The van der Waals surface area contributed by atoms with E-state index in [-0.39, 0.29) is 5.91 Å². The molecule has 126 valence electrons. The van der Waals surface area contributed by atoms with E-state index in [1.165, 1.54) is 0 Å². The minimum absolute atomic E-state index is 0.0599. The normalized spacial score (nSPS) is 14.3. The van der Waals surface area contributed by atoms with Crippen LogP contribution < -0.4 is 5.32 Å². The minimum atomic E-state index is -0.0599. The average molecular weight is 357 g/mol. The molecule has 0 saturated heterocycles. The Labute approximate surface area is 147 Å². The highest BCUT2D eigenvalue weighted by atomic mass is 35.5. The number of hydrogen-bond acceptors (Lipinski definition) is 3. The van der Waals surface area contributed by atoms with Gasteiger partial charge >= 0.3 is 0 Å². The largest absolute Gasteiger partial charge is 0.499 e. The molecule has 0 spiro atoms. The van der Waals surface area contributed by atoms with Gasteiger partial charge in [0.05, 0.1) is 17.2 Å². The van der Waals surface area contributed by atoms with E-state index in [2.05, 4.69) is 5.32 Å². The third-order valence-corrected chi connectivity index (χ3v) is 4.68. The molecule has 1 aliphatic heterocycles. The number of benzene rings is 1. The number of carbonyl (C=O) groups excluding carboxylic acids is 1. The molecule has 0 atom stereocenters. The van der Waals surface area contributed by atoms with E-state index in [4.69, 9.17) is 27.9 Å². The molecule has 0 aromatic heterocycles. The van der Waals surface area contributed by atoms with Crippen molar-refractivity contribution in [2.24, 2.45) is 0 Å². The van der Waals surface area contributed by atoms with Crippen LogP contribution in [0.3, 0.4) is 0 Å². The molecule has 0 radical (unpaired) electrons. The Morgan fingerprint density at radius 3 is 2.78 bits per heavy atom. The van der Waals surface area contributed by atoms with Gasteiger partial charge in [0.15, 0.2) is 0 Å². The Morgan fingerprint density at radius 2 is 2.13 bits per heavy atom. The van der Waals surface area contributed by atoms with Crippen molar-refractivity contribution in [1.82, 2.24) is 10.2 Å². The zero-order chi connectivity index (χ0) is 16.8. The summed E-state index contributed by atoms with van der Waals surface area (Å²) >= 11 is 11.9. The first-order valence-corrected chi connectivity index (χ1v) is 8.56. The molecule has 2 rings (SSSR count). The van der Waals surface area contributed by atoms with Gasteiger partial charge < -0.3 is 15.0 Å². The lowest BCUT2D eigenvalue weighted by molar-refractivity contribution is -0.119. The molecule has 1 N–H and O–H groups in total. The number of rotatable bonds is 7. The van der Waals surface area contributed by atoms with Crippen molar-refractivity contribution in [2.45, 2.75) is 26.2 Å². The number of aryl methyl sites for hydroxylation is 1. The highest BCUT2D eigenvalue weighted by Gasteiger charge is 2.27. The number of hydrogen-bond donors (Lipinski definition) is 1. The average Bonchev–Trinajstić information content (AvgIpc) is 2.97. The van der Waals surface area contributed by atoms with Crippen LogP contribution in [0.1, 0.15) is 25.3 Å². The highest BCUT2D eigenvalue weighted by Crippen LogP contribution is 2.24. The first-order chi connectivity index (χ1) is 11.1. The number of likely N-dealkylation sites (N-methyl/N-ethyl adjacent to an activating group) is 1. The van der Waals surface area contributed by atoms with Crippen molar-refractivity contribution in [1.29, 1.82) is 0 Å². The molecular weight excluding hydrogens is 335 g/mol. The van der Waals surface area contributed by atoms with Gasteiger partial charge in [0.25, 0.3) is 5.91 Å². The first-order valence-electron chi connectivity index (χ1n) is 7.81. The molecule has 0 unspecified atom stereocenters. The molecule has 0 saturated carbocycles. The molecule has 0 bridgehead atoms. The van der Waals surface area contributed by atoms with Gasteiger partial charge in [0.2, 0.25) is 0 Å². The maximum Gasteiger partial charge on any atom is 0.271 e. The van der Waals surface area contributed by atoms with E-state index in [0.717, 1.165) is 43.7 Å². The number of carbonyl (C=O) groups is 1. The summed E-state index contributed by atoms with van der Waals surface area (Å²) in [6, 6.07) is 5.62. The number of halogens is 2. The zero-order valence-electron chi connectivity index (χ0n) is 13.5. The fourth-order valence-electron chi connectivity index (χ4n) is 2.70. The molecule has 1 aromatic rings. The van der Waals surface area contributed by atoms with E-state index in [1.54, 1.807) is 13.2 Å². The Kier molecular flexibility index (Phi) is 6.60. The second-order valence-corrected chi connectivity index (χ2v) is 6.23. The number of methoxy groups -OCH3 is 1. The van der Waals surface area contributed by atoms with Crippen LogP contribution in [0.2, 0.25) is 10.0 Å². The van der Waals surface area contributed by atoms with Gasteiger partial charge in [-0.2, -0.15) is 0 Å². The SMILES string of the molecule is CCN1CCC(OC)=C1C(=O)NCCCc1ccc(Cl)c(Cl)c1. The monoisotopic (exact) mass is 356 g/mol. The van der Waals surface area contributed by atoms with Crippen LogP contribution in [0.15, 0.2) is 29.7 Å². The van der Waals surface area contributed by atoms with E-state index < -0.39 is 0 Å². The fourth-order valence-corrected chi connectivity index (χ4v) is 3.02. The summed E-state index contributed by atoms with van der Waals surface area (Å²) in [5.74, 6) is 0.712. The Hall–Kier alpha value is -1.39. The lowest BCUT2D eigenvalue weighted by Crippen LogP contribution is -2.34. The standard InChI is InChI=1S/C17H22Cl2N2O2/c1-3-21-10-8-15(23-2)16(21)17(22)20-9-4-5-12-6-7-13(18)14(19)11-12/h6-7,11H,3-5,8-10H2,1-2H3,(H,20,22). The molecule has 23 heavy (non-hydrogen) atoms. The quantitative estimate of drug-likeness (QED) is 0.758. The first kappa shape index (κ1) is 18.0. The molecule has 4 nitrogen and oxygen atoms in total. The molecule has 1 aromatic carbocycles. The summed E-state index contributed by atoms with van der Waals surface area (Å²) in [6.07, 6.45) is 2.46. The van der Waals surface area contributed by atoms with Crippen molar-refractivity contribution in [3.63, 3.8) is 0 Å². The van der Waals surface area contributed by atoms with Gasteiger partial charge in [-0.1, -0.05) is 29.3 Å². The number of nitrogens with one attached hydrogen (secondary N) is 1.